The van der Waals surface area contributed by atoms with Gasteiger partial charge >= 0.3 is 6.09 Å². The number of halogens is 1. The second-order valence-corrected chi connectivity index (χ2v) is 10.6. The summed E-state index contributed by atoms with van der Waals surface area (Å²) >= 11 is 2.21. The van der Waals surface area contributed by atoms with Crippen molar-refractivity contribution in [1.82, 2.24) is 14.5 Å². The Morgan fingerprint density at radius 2 is 1.94 bits per heavy atom. The molecule has 1 fully saturated rings. The van der Waals surface area contributed by atoms with Crippen LogP contribution in [-0.4, -0.2) is 59.4 Å². The van der Waals surface area contributed by atoms with Gasteiger partial charge < -0.3 is 14.5 Å². The van der Waals surface area contributed by atoms with Crippen LogP contribution in [0.1, 0.15) is 32.8 Å². The fourth-order valence-corrected chi connectivity index (χ4v) is 4.72. The normalized spacial score (nSPS) is 15.3. The molecule has 0 unspecified atom stereocenters. The van der Waals surface area contributed by atoms with Crippen molar-refractivity contribution in [3.8, 4) is 17.2 Å². The Morgan fingerprint density at radius 1 is 1.15 bits per heavy atom. The Labute approximate surface area is 208 Å². The molecular formula is C25H28IN5O2. The fraction of sp³-hybridized carbons (Fsp3) is 0.400. The highest BCUT2D eigenvalue weighted by Gasteiger charge is 2.22. The lowest BCUT2D eigenvalue weighted by Gasteiger charge is -2.24. The fourth-order valence-electron chi connectivity index (χ4n) is 4.05. The number of hydrogen-bond donors (Lipinski definition) is 0. The van der Waals surface area contributed by atoms with Gasteiger partial charge in [-0.05, 0) is 87.1 Å². The third-order valence-electron chi connectivity index (χ3n) is 5.70. The van der Waals surface area contributed by atoms with Gasteiger partial charge in [0.1, 0.15) is 11.7 Å². The van der Waals surface area contributed by atoms with E-state index in [1.807, 2.05) is 45.0 Å². The molecule has 1 saturated heterocycles. The van der Waals surface area contributed by atoms with Crippen LogP contribution >= 0.6 is 22.6 Å². The molecule has 3 heterocycles. The minimum absolute atomic E-state index is 0.449. The monoisotopic (exact) mass is 557 g/mol. The molecule has 0 atom stereocenters. The van der Waals surface area contributed by atoms with Gasteiger partial charge in [-0.25, -0.2) is 14.3 Å². The molecule has 1 aromatic carbocycles. The van der Waals surface area contributed by atoms with Crippen LogP contribution < -0.4 is 4.90 Å². The van der Waals surface area contributed by atoms with E-state index in [2.05, 4.69) is 50.5 Å². The number of ether oxygens (including phenoxy) is 1. The molecular weight excluding hydrogens is 529 g/mol. The number of nitrogens with zero attached hydrogens (tertiary/aromatic N) is 5. The van der Waals surface area contributed by atoms with Crippen LogP contribution in [0.2, 0.25) is 0 Å². The number of likely N-dealkylation sites (N-methyl/N-ethyl adjacent to an activating group) is 1. The lowest BCUT2D eigenvalue weighted by atomic mass is 10.0. The molecule has 172 valence electrons. The van der Waals surface area contributed by atoms with Crippen molar-refractivity contribution in [1.29, 1.82) is 5.26 Å². The zero-order valence-electron chi connectivity index (χ0n) is 19.4. The highest BCUT2D eigenvalue weighted by Crippen LogP contribution is 2.31. The maximum atomic E-state index is 12.6. The van der Waals surface area contributed by atoms with Gasteiger partial charge in [0, 0.05) is 46.5 Å². The second-order valence-electron chi connectivity index (χ2n) is 9.41. The number of aromatic nitrogens is 2. The van der Waals surface area contributed by atoms with E-state index in [1.165, 1.54) is 4.57 Å². The third kappa shape index (κ3) is 5.14. The van der Waals surface area contributed by atoms with E-state index in [-0.39, 0.29) is 0 Å². The van der Waals surface area contributed by atoms with E-state index >= 15 is 0 Å². The molecule has 1 aliphatic rings. The lowest BCUT2D eigenvalue weighted by Crippen LogP contribution is -2.29. The molecule has 1 aliphatic heterocycles. The SMILES string of the molecule is CN1CCCN(c2ccc(-c3cnc4c(c3)c(I)cn4C(=O)OC(C)(C)C)cc2C#N)CC1. The Bertz CT molecular complexity index is 1240. The summed E-state index contributed by atoms with van der Waals surface area (Å²) in [5.74, 6) is 0. The highest BCUT2D eigenvalue weighted by atomic mass is 127. The predicted molar refractivity (Wildman–Crippen MR) is 139 cm³/mol. The minimum atomic E-state index is -0.586. The molecule has 0 radical (unpaired) electrons. The maximum Gasteiger partial charge on any atom is 0.420 e. The van der Waals surface area contributed by atoms with Crippen molar-refractivity contribution >= 4 is 45.4 Å². The predicted octanol–water partition coefficient (Wildman–Crippen LogP) is 5.10. The van der Waals surface area contributed by atoms with Crippen LogP contribution in [0.25, 0.3) is 22.2 Å². The van der Waals surface area contributed by atoms with E-state index in [4.69, 9.17) is 4.74 Å². The van der Waals surface area contributed by atoms with Gasteiger partial charge in [-0.1, -0.05) is 6.07 Å². The smallest absolute Gasteiger partial charge is 0.420 e. The average Bonchev–Trinajstić information content (AvgIpc) is 2.94. The summed E-state index contributed by atoms with van der Waals surface area (Å²) in [7, 11) is 2.14. The Balaban J connectivity index is 1.67. The van der Waals surface area contributed by atoms with Gasteiger partial charge in [0.2, 0.25) is 0 Å². The first kappa shape index (κ1) is 23.5. The minimum Gasteiger partial charge on any atom is -0.443 e. The molecule has 0 spiro atoms. The number of nitriles is 1. The molecule has 8 heteroatoms. The molecule has 0 aliphatic carbocycles. The number of carbonyl (C=O) groups is 1. The number of fused-ring (bicyclic) bond motifs is 1. The molecule has 33 heavy (non-hydrogen) atoms. The maximum absolute atomic E-state index is 12.6. The Morgan fingerprint density at radius 3 is 2.67 bits per heavy atom. The Hall–Kier alpha value is -2.64. The first-order valence-corrected chi connectivity index (χ1v) is 12.1. The van der Waals surface area contributed by atoms with Crippen molar-refractivity contribution in [2.45, 2.75) is 32.8 Å². The molecule has 3 aromatic rings. The number of hydrogen-bond acceptors (Lipinski definition) is 6. The van der Waals surface area contributed by atoms with Crippen LogP contribution in [0.15, 0.2) is 36.7 Å². The summed E-state index contributed by atoms with van der Waals surface area (Å²) in [5.41, 5.74) is 3.45. The van der Waals surface area contributed by atoms with Gasteiger partial charge in [0.05, 0.1) is 11.3 Å². The number of anilines is 1. The topological polar surface area (TPSA) is 74.4 Å². The van der Waals surface area contributed by atoms with Crippen LogP contribution in [0.5, 0.6) is 0 Å². The number of pyridine rings is 1. The first-order valence-electron chi connectivity index (χ1n) is 11.0. The molecule has 7 nitrogen and oxygen atoms in total. The zero-order chi connectivity index (χ0) is 23.8. The molecule has 0 saturated carbocycles. The molecule has 2 aromatic heterocycles. The summed E-state index contributed by atoms with van der Waals surface area (Å²) in [6.07, 6.45) is 4.12. The molecule has 0 amide bonds. The van der Waals surface area contributed by atoms with E-state index in [0.29, 0.717) is 11.2 Å². The lowest BCUT2D eigenvalue weighted by molar-refractivity contribution is 0.0543. The number of benzene rings is 1. The van der Waals surface area contributed by atoms with E-state index < -0.39 is 11.7 Å². The van der Waals surface area contributed by atoms with E-state index in [1.54, 1.807) is 12.4 Å². The van der Waals surface area contributed by atoms with Gasteiger partial charge in [-0.2, -0.15) is 5.26 Å². The number of carbonyl (C=O) groups excluding carboxylic acids is 1. The third-order valence-corrected chi connectivity index (χ3v) is 6.55. The van der Waals surface area contributed by atoms with Gasteiger partial charge in [-0.3, -0.25) is 0 Å². The summed E-state index contributed by atoms with van der Waals surface area (Å²) in [5, 5.41) is 10.7. The first-order chi connectivity index (χ1) is 15.7. The Kier molecular flexibility index (Phi) is 6.64. The van der Waals surface area contributed by atoms with Crippen molar-refractivity contribution in [2.24, 2.45) is 0 Å². The number of rotatable bonds is 2. The summed E-state index contributed by atoms with van der Waals surface area (Å²) in [6.45, 7) is 9.44. The largest absolute Gasteiger partial charge is 0.443 e. The van der Waals surface area contributed by atoms with Crippen molar-refractivity contribution in [3.63, 3.8) is 0 Å². The molecule has 0 N–H and O–H groups in total. The van der Waals surface area contributed by atoms with E-state index in [0.717, 1.165) is 58.4 Å². The van der Waals surface area contributed by atoms with E-state index in [9.17, 15) is 10.1 Å². The van der Waals surface area contributed by atoms with Gasteiger partial charge in [0.15, 0.2) is 5.65 Å². The van der Waals surface area contributed by atoms with Crippen molar-refractivity contribution < 1.29 is 9.53 Å². The van der Waals surface area contributed by atoms with Gasteiger partial charge in [-0.15, -0.1) is 0 Å². The van der Waals surface area contributed by atoms with Gasteiger partial charge in [0.25, 0.3) is 0 Å². The summed E-state index contributed by atoms with van der Waals surface area (Å²) in [4.78, 5) is 21.8. The van der Waals surface area contributed by atoms with Crippen LogP contribution in [-0.2, 0) is 4.74 Å². The average molecular weight is 557 g/mol. The van der Waals surface area contributed by atoms with Crippen LogP contribution in [0.4, 0.5) is 10.5 Å². The second kappa shape index (κ2) is 9.31. The van der Waals surface area contributed by atoms with Crippen LogP contribution in [0, 0.1) is 14.9 Å². The standard InChI is InChI=1S/C25H28IN5O2/c1-25(2,3)33-24(32)31-16-21(26)20-13-19(15-28-23(20)31)17-6-7-22(18(12-17)14-27)30-9-5-8-29(4)10-11-30/h6-7,12-13,15-16H,5,8-11H2,1-4H3. The summed E-state index contributed by atoms with van der Waals surface area (Å²) < 4.78 is 7.88. The molecule has 4 rings (SSSR count). The van der Waals surface area contributed by atoms with Crippen molar-refractivity contribution in [3.05, 3.63) is 45.8 Å². The van der Waals surface area contributed by atoms with Crippen LogP contribution in [0.3, 0.4) is 0 Å². The highest BCUT2D eigenvalue weighted by molar-refractivity contribution is 14.1. The summed E-state index contributed by atoms with van der Waals surface area (Å²) in [6, 6.07) is 10.4. The van der Waals surface area contributed by atoms with Crippen molar-refractivity contribution in [2.75, 3.05) is 38.1 Å². The molecule has 0 bridgehead atoms. The quantitative estimate of drug-likeness (QED) is 0.408. The zero-order valence-corrected chi connectivity index (χ0v) is 21.6.